The molecule has 1 fully saturated rings. The number of anilines is 1. The second-order valence-electron chi connectivity index (χ2n) is 4.28. The third kappa shape index (κ3) is 2.38. The van der Waals surface area contributed by atoms with Crippen LogP contribution in [0, 0.1) is 5.82 Å². The lowest BCUT2D eigenvalue weighted by Gasteiger charge is -2.26. The number of nitrogens with two attached hydrogens (primary N) is 1. The minimum atomic E-state index is -0.395. The first kappa shape index (κ1) is 12.6. The van der Waals surface area contributed by atoms with Crippen molar-refractivity contribution in [3.8, 4) is 0 Å². The zero-order valence-corrected chi connectivity index (χ0v) is 10.1. The molecular formula is C12H16FN3O2. The Morgan fingerprint density at radius 2 is 2.39 bits per heavy atom. The van der Waals surface area contributed by atoms with Gasteiger partial charge in [0.2, 0.25) is 0 Å². The Morgan fingerprint density at radius 1 is 1.61 bits per heavy atom. The molecule has 0 amide bonds. The van der Waals surface area contributed by atoms with Crippen molar-refractivity contribution < 1.29 is 14.3 Å². The van der Waals surface area contributed by atoms with Gasteiger partial charge in [0.25, 0.3) is 0 Å². The molecule has 6 heteroatoms. The van der Waals surface area contributed by atoms with E-state index in [-0.39, 0.29) is 11.9 Å². The molecule has 0 aromatic heterocycles. The highest BCUT2D eigenvalue weighted by Crippen LogP contribution is 2.24. The van der Waals surface area contributed by atoms with Crippen LogP contribution in [-0.2, 0) is 4.74 Å². The number of oxime groups is 1. The average molecular weight is 253 g/mol. The standard InChI is InChI=1S/C12H16FN3O2/c1-16(9-4-5-18-7-9)11-3-2-8(6-10(11)13)12(14)15-17/h2-3,6,9,17H,4-5,7H2,1H3,(H2,14,15). The molecule has 98 valence electrons. The lowest BCUT2D eigenvalue weighted by atomic mass is 10.1. The van der Waals surface area contributed by atoms with Crippen LogP contribution in [0.5, 0.6) is 0 Å². The van der Waals surface area contributed by atoms with Gasteiger partial charge in [0.15, 0.2) is 5.84 Å². The largest absolute Gasteiger partial charge is 0.409 e. The van der Waals surface area contributed by atoms with Gasteiger partial charge in [-0.25, -0.2) is 4.39 Å². The fourth-order valence-electron chi connectivity index (χ4n) is 2.03. The van der Waals surface area contributed by atoms with E-state index < -0.39 is 5.82 Å². The van der Waals surface area contributed by atoms with Gasteiger partial charge in [0.1, 0.15) is 5.82 Å². The SMILES string of the molecule is CN(c1ccc(/C(N)=N/O)cc1F)C1CCOC1. The Hall–Kier alpha value is -1.82. The van der Waals surface area contributed by atoms with Crippen molar-refractivity contribution in [2.75, 3.05) is 25.2 Å². The van der Waals surface area contributed by atoms with Crippen LogP contribution in [-0.4, -0.2) is 37.3 Å². The van der Waals surface area contributed by atoms with Crippen molar-refractivity contribution in [1.82, 2.24) is 0 Å². The fourth-order valence-corrected chi connectivity index (χ4v) is 2.03. The molecule has 0 bridgehead atoms. The monoisotopic (exact) mass is 253 g/mol. The van der Waals surface area contributed by atoms with Gasteiger partial charge < -0.3 is 20.6 Å². The summed E-state index contributed by atoms with van der Waals surface area (Å²) in [6.45, 7) is 1.32. The summed E-state index contributed by atoms with van der Waals surface area (Å²) in [7, 11) is 1.83. The number of halogens is 1. The molecular weight excluding hydrogens is 237 g/mol. The molecule has 2 rings (SSSR count). The molecule has 18 heavy (non-hydrogen) atoms. The van der Waals surface area contributed by atoms with Crippen molar-refractivity contribution in [3.05, 3.63) is 29.6 Å². The normalized spacial score (nSPS) is 20.1. The zero-order valence-electron chi connectivity index (χ0n) is 10.1. The van der Waals surface area contributed by atoms with E-state index in [9.17, 15) is 4.39 Å². The van der Waals surface area contributed by atoms with Gasteiger partial charge >= 0.3 is 0 Å². The van der Waals surface area contributed by atoms with E-state index in [4.69, 9.17) is 15.7 Å². The number of benzene rings is 1. The number of hydrogen-bond donors (Lipinski definition) is 2. The zero-order chi connectivity index (χ0) is 13.1. The van der Waals surface area contributed by atoms with Gasteiger partial charge in [-0.1, -0.05) is 5.16 Å². The molecule has 0 radical (unpaired) electrons. The lowest BCUT2D eigenvalue weighted by Crippen LogP contribution is -2.32. The predicted octanol–water partition coefficient (Wildman–Crippen LogP) is 1.15. The number of nitrogens with zero attached hydrogens (tertiary/aromatic N) is 2. The number of hydrogen-bond acceptors (Lipinski definition) is 4. The van der Waals surface area contributed by atoms with E-state index in [2.05, 4.69) is 5.16 Å². The van der Waals surface area contributed by atoms with Crippen molar-refractivity contribution in [2.45, 2.75) is 12.5 Å². The second-order valence-corrected chi connectivity index (χ2v) is 4.28. The maximum absolute atomic E-state index is 14.0. The van der Waals surface area contributed by atoms with Gasteiger partial charge in [-0.05, 0) is 24.6 Å². The lowest BCUT2D eigenvalue weighted by molar-refractivity contribution is 0.193. The van der Waals surface area contributed by atoms with E-state index in [0.29, 0.717) is 24.5 Å². The van der Waals surface area contributed by atoms with Gasteiger partial charge in [0.05, 0.1) is 18.3 Å². The molecule has 5 nitrogen and oxygen atoms in total. The highest BCUT2D eigenvalue weighted by atomic mass is 19.1. The first-order valence-electron chi connectivity index (χ1n) is 5.71. The Kier molecular flexibility index (Phi) is 3.66. The van der Waals surface area contributed by atoms with E-state index in [1.165, 1.54) is 6.07 Å². The van der Waals surface area contributed by atoms with Gasteiger partial charge in [0, 0.05) is 19.2 Å². The molecule has 1 atom stereocenters. The summed E-state index contributed by atoms with van der Waals surface area (Å²) in [5.74, 6) is -0.499. The molecule has 0 saturated carbocycles. The molecule has 1 aliphatic rings. The maximum atomic E-state index is 14.0. The van der Waals surface area contributed by atoms with E-state index in [1.54, 1.807) is 12.1 Å². The molecule has 1 aliphatic heterocycles. The first-order valence-corrected chi connectivity index (χ1v) is 5.71. The summed E-state index contributed by atoms with van der Waals surface area (Å²) in [4.78, 5) is 1.86. The molecule has 1 unspecified atom stereocenters. The van der Waals surface area contributed by atoms with Crippen LogP contribution in [0.3, 0.4) is 0 Å². The molecule has 0 spiro atoms. The molecule has 0 aliphatic carbocycles. The van der Waals surface area contributed by atoms with Crippen LogP contribution >= 0.6 is 0 Å². The first-order chi connectivity index (χ1) is 8.63. The molecule has 1 saturated heterocycles. The smallest absolute Gasteiger partial charge is 0.170 e. The highest BCUT2D eigenvalue weighted by molar-refractivity contribution is 5.97. The summed E-state index contributed by atoms with van der Waals surface area (Å²) in [6.07, 6.45) is 0.887. The molecule has 1 aromatic rings. The summed E-state index contributed by atoms with van der Waals surface area (Å²) in [6, 6.07) is 4.70. The average Bonchev–Trinajstić information content (AvgIpc) is 2.90. The van der Waals surface area contributed by atoms with E-state index in [1.807, 2.05) is 11.9 Å². The quantitative estimate of drug-likeness (QED) is 0.367. The third-order valence-corrected chi connectivity index (χ3v) is 3.18. The number of ether oxygens (including phenoxy) is 1. The summed E-state index contributed by atoms with van der Waals surface area (Å²) in [5, 5.41) is 11.4. The number of amidine groups is 1. The van der Waals surface area contributed by atoms with Gasteiger partial charge in [-0.3, -0.25) is 0 Å². The highest BCUT2D eigenvalue weighted by Gasteiger charge is 2.22. The van der Waals surface area contributed by atoms with Gasteiger partial charge in [-0.2, -0.15) is 0 Å². The summed E-state index contributed by atoms with van der Waals surface area (Å²) < 4.78 is 19.3. The van der Waals surface area contributed by atoms with Crippen LogP contribution < -0.4 is 10.6 Å². The maximum Gasteiger partial charge on any atom is 0.170 e. The van der Waals surface area contributed by atoms with E-state index in [0.717, 1.165) is 6.42 Å². The topological polar surface area (TPSA) is 71.1 Å². The van der Waals surface area contributed by atoms with Gasteiger partial charge in [-0.15, -0.1) is 0 Å². The van der Waals surface area contributed by atoms with Crippen LogP contribution in [0.15, 0.2) is 23.4 Å². The fraction of sp³-hybridized carbons (Fsp3) is 0.417. The Bertz CT molecular complexity index is 459. The Labute approximate surface area is 105 Å². The van der Waals surface area contributed by atoms with E-state index >= 15 is 0 Å². The second kappa shape index (κ2) is 5.22. The summed E-state index contributed by atoms with van der Waals surface area (Å²) >= 11 is 0. The summed E-state index contributed by atoms with van der Waals surface area (Å²) in [5.41, 5.74) is 6.25. The Balaban J connectivity index is 2.23. The minimum absolute atomic E-state index is 0.104. The number of likely N-dealkylation sites (N-methyl/N-ethyl adjacent to an activating group) is 1. The number of rotatable bonds is 3. The van der Waals surface area contributed by atoms with Crippen molar-refractivity contribution >= 4 is 11.5 Å². The van der Waals surface area contributed by atoms with Crippen LogP contribution in [0.25, 0.3) is 0 Å². The van der Waals surface area contributed by atoms with Crippen molar-refractivity contribution in [3.63, 3.8) is 0 Å². The molecule has 1 aromatic carbocycles. The Morgan fingerprint density at radius 3 is 2.94 bits per heavy atom. The minimum Gasteiger partial charge on any atom is -0.409 e. The molecule has 1 heterocycles. The predicted molar refractivity (Wildman–Crippen MR) is 66.5 cm³/mol. The van der Waals surface area contributed by atoms with Crippen molar-refractivity contribution in [1.29, 1.82) is 0 Å². The third-order valence-electron chi connectivity index (χ3n) is 3.18. The van der Waals surface area contributed by atoms with Crippen molar-refractivity contribution in [2.24, 2.45) is 10.9 Å². The van der Waals surface area contributed by atoms with Crippen LogP contribution in [0.4, 0.5) is 10.1 Å². The van der Waals surface area contributed by atoms with Crippen LogP contribution in [0.1, 0.15) is 12.0 Å². The molecule has 3 N–H and O–H groups in total. The van der Waals surface area contributed by atoms with Crippen LogP contribution in [0.2, 0.25) is 0 Å².